The first-order chi connectivity index (χ1) is 16.4. The lowest BCUT2D eigenvalue weighted by molar-refractivity contribution is -0.123. The van der Waals surface area contributed by atoms with Gasteiger partial charge in [0.25, 0.3) is 5.91 Å². The molecule has 0 radical (unpaired) electrons. The van der Waals surface area contributed by atoms with Crippen LogP contribution in [0.2, 0.25) is 5.02 Å². The molecule has 34 heavy (non-hydrogen) atoms. The number of aldehydes is 1. The van der Waals surface area contributed by atoms with Crippen molar-refractivity contribution >= 4 is 51.4 Å². The van der Waals surface area contributed by atoms with Crippen LogP contribution < -0.4 is 5.73 Å². The molecule has 4 aromatic rings. The topological polar surface area (TPSA) is 108 Å². The average molecular weight is 477 g/mol. The van der Waals surface area contributed by atoms with Crippen molar-refractivity contribution in [3.8, 4) is 0 Å². The lowest BCUT2D eigenvalue weighted by atomic mass is 9.91. The molecule has 3 N–H and O–H groups in total. The second-order valence-electron chi connectivity index (χ2n) is 8.73. The highest BCUT2D eigenvalue weighted by Crippen LogP contribution is 2.29. The van der Waals surface area contributed by atoms with Gasteiger partial charge in [-0.15, -0.1) is 0 Å². The number of benzene rings is 2. The molecule has 5 rings (SSSR count). The summed E-state index contributed by atoms with van der Waals surface area (Å²) in [5.41, 5.74) is 8.36. The fraction of sp³-hybridized carbons (Fsp3) is 0.280. The molecule has 1 unspecified atom stereocenters. The molecule has 0 aliphatic carbocycles. The summed E-state index contributed by atoms with van der Waals surface area (Å²) >= 11 is 6.17. The largest absolute Gasteiger partial charge is 0.383 e. The quantitative estimate of drug-likeness (QED) is 0.425. The summed E-state index contributed by atoms with van der Waals surface area (Å²) in [7, 11) is 0. The monoisotopic (exact) mass is 476 g/mol. The minimum Gasteiger partial charge on any atom is -0.383 e. The van der Waals surface area contributed by atoms with Gasteiger partial charge in [0, 0.05) is 54.2 Å². The third-order valence-electron chi connectivity index (χ3n) is 6.84. The number of carbonyl (C=O) groups is 2. The highest BCUT2D eigenvalue weighted by Gasteiger charge is 2.42. The van der Waals surface area contributed by atoms with E-state index in [0.29, 0.717) is 49.0 Å². The molecule has 2 aromatic carbocycles. The van der Waals surface area contributed by atoms with Crippen LogP contribution in [0, 0.1) is 0 Å². The number of aromatic amines is 1. The number of H-pyrrole nitrogens is 1. The van der Waals surface area contributed by atoms with Crippen LogP contribution in [0.25, 0.3) is 21.8 Å². The SMILES string of the molecule is CCC1(C=O)CN(C(=O)c2ccc3c(Cl)c[nH]c3c2)CCN1Cc1ccc2c(N)ncnc2c1. The van der Waals surface area contributed by atoms with Gasteiger partial charge in [0.1, 0.15) is 18.4 Å². The van der Waals surface area contributed by atoms with Crippen LogP contribution in [0.3, 0.4) is 0 Å². The number of aromatic nitrogens is 3. The minimum atomic E-state index is -0.770. The smallest absolute Gasteiger partial charge is 0.254 e. The van der Waals surface area contributed by atoms with Gasteiger partial charge in [0.05, 0.1) is 16.1 Å². The predicted octanol–water partition coefficient (Wildman–Crippen LogP) is 3.65. The molecule has 1 amide bonds. The number of fused-ring (bicyclic) bond motifs is 2. The van der Waals surface area contributed by atoms with Gasteiger partial charge in [-0.3, -0.25) is 9.69 Å². The van der Waals surface area contributed by atoms with E-state index in [1.807, 2.05) is 37.3 Å². The Hall–Kier alpha value is -3.49. The lowest BCUT2D eigenvalue weighted by Crippen LogP contribution is -2.63. The van der Waals surface area contributed by atoms with Crippen molar-refractivity contribution in [2.75, 3.05) is 25.4 Å². The molecule has 3 heterocycles. The zero-order chi connectivity index (χ0) is 23.9. The number of nitrogens with two attached hydrogens (primary N) is 1. The van der Waals surface area contributed by atoms with Crippen LogP contribution in [0.15, 0.2) is 48.9 Å². The molecule has 9 heteroatoms. The van der Waals surface area contributed by atoms with E-state index in [1.165, 1.54) is 6.33 Å². The van der Waals surface area contributed by atoms with Crippen molar-refractivity contribution in [2.24, 2.45) is 0 Å². The van der Waals surface area contributed by atoms with E-state index in [0.717, 1.165) is 33.7 Å². The summed E-state index contributed by atoms with van der Waals surface area (Å²) in [4.78, 5) is 41.1. The van der Waals surface area contributed by atoms with Gasteiger partial charge >= 0.3 is 0 Å². The summed E-state index contributed by atoms with van der Waals surface area (Å²) < 4.78 is 0. The van der Waals surface area contributed by atoms with Gasteiger partial charge < -0.3 is 20.4 Å². The molecule has 0 saturated carbocycles. The maximum absolute atomic E-state index is 13.3. The van der Waals surface area contributed by atoms with E-state index in [9.17, 15) is 9.59 Å². The number of halogens is 1. The van der Waals surface area contributed by atoms with E-state index < -0.39 is 5.54 Å². The molecular weight excluding hydrogens is 452 g/mol. The molecule has 1 atom stereocenters. The molecule has 0 spiro atoms. The second kappa shape index (κ2) is 8.70. The second-order valence-corrected chi connectivity index (χ2v) is 9.14. The standard InChI is InChI=1S/C25H25ClN6O2/c1-2-25(14-33)13-31(24(34)17-4-6-18-20(26)11-28-22(18)10-17)7-8-32(25)12-16-3-5-19-21(9-16)29-15-30-23(19)27/h3-6,9-11,14-15,28H,2,7-8,12-13H2,1H3,(H2,27,29,30). The normalized spacial score (nSPS) is 19.1. The Balaban J connectivity index is 1.38. The summed E-state index contributed by atoms with van der Waals surface area (Å²) in [6, 6.07) is 11.3. The number of rotatable bonds is 5. The maximum Gasteiger partial charge on any atom is 0.254 e. The van der Waals surface area contributed by atoms with Crippen LogP contribution in [0.4, 0.5) is 5.82 Å². The van der Waals surface area contributed by atoms with Crippen molar-refractivity contribution in [1.29, 1.82) is 0 Å². The van der Waals surface area contributed by atoms with E-state index in [4.69, 9.17) is 17.3 Å². The molecule has 1 aliphatic heterocycles. The number of nitrogen functional groups attached to an aromatic ring is 1. The third-order valence-corrected chi connectivity index (χ3v) is 7.15. The van der Waals surface area contributed by atoms with Crippen LogP contribution >= 0.6 is 11.6 Å². The average Bonchev–Trinajstić information content (AvgIpc) is 3.24. The van der Waals surface area contributed by atoms with Gasteiger partial charge in [0.15, 0.2) is 0 Å². The molecule has 0 bridgehead atoms. The van der Waals surface area contributed by atoms with Crippen LogP contribution in [-0.2, 0) is 11.3 Å². The van der Waals surface area contributed by atoms with E-state index in [2.05, 4.69) is 19.9 Å². The summed E-state index contributed by atoms with van der Waals surface area (Å²) in [5, 5.41) is 2.30. The fourth-order valence-electron chi connectivity index (χ4n) is 4.76. The number of piperazine rings is 1. The fourth-order valence-corrected chi connectivity index (χ4v) is 4.98. The predicted molar refractivity (Wildman–Crippen MR) is 133 cm³/mol. The summed E-state index contributed by atoms with van der Waals surface area (Å²) in [6.07, 6.45) is 4.74. The van der Waals surface area contributed by atoms with Crippen LogP contribution in [0.1, 0.15) is 29.3 Å². The molecular formula is C25H25ClN6O2. The molecule has 1 fully saturated rings. The Kier molecular flexibility index (Phi) is 5.71. The number of nitrogens with one attached hydrogen (secondary N) is 1. The zero-order valence-corrected chi connectivity index (χ0v) is 19.5. The molecule has 1 saturated heterocycles. The lowest BCUT2D eigenvalue weighted by Gasteiger charge is -2.47. The Morgan fingerprint density at radius 3 is 2.82 bits per heavy atom. The first-order valence-electron chi connectivity index (χ1n) is 11.2. The van der Waals surface area contributed by atoms with Crippen LogP contribution in [0.5, 0.6) is 0 Å². The van der Waals surface area contributed by atoms with Crippen LogP contribution in [-0.4, -0.2) is 62.1 Å². The molecule has 174 valence electrons. The van der Waals surface area contributed by atoms with E-state index >= 15 is 0 Å². The number of carbonyl (C=O) groups excluding carboxylic acids is 2. The number of hydrogen-bond acceptors (Lipinski definition) is 6. The Morgan fingerprint density at radius 2 is 2.03 bits per heavy atom. The first kappa shape index (κ1) is 22.3. The highest BCUT2D eigenvalue weighted by molar-refractivity contribution is 6.35. The Bertz CT molecular complexity index is 1400. The molecule has 2 aromatic heterocycles. The Morgan fingerprint density at radius 1 is 1.21 bits per heavy atom. The van der Waals surface area contributed by atoms with Crippen molar-refractivity contribution in [2.45, 2.75) is 25.4 Å². The van der Waals surface area contributed by atoms with Crippen molar-refractivity contribution in [3.05, 3.63) is 65.1 Å². The van der Waals surface area contributed by atoms with Crippen molar-refractivity contribution in [3.63, 3.8) is 0 Å². The van der Waals surface area contributed by atoms with E-state index in [1.54, 1.807) is 17.2 Å². The number of anilines is 1. The third kappa shape index (κ3) is 3.78. The first-order valence-corrected chi connectivity index (χ1v) is 11.6. The molecule has 8 nitrogen and oxygen atoms in total. The minimum absolute atomic E-state index is 0.0928. The number of amides is 1. The summed E-state index contributed by atoms with van der Waals surface area (Å²) in [5.74, 6) is 0.351. The molecule has 1 aliphatic rings. The van der Waals surface area contributed by atoms with Gasteiger partial charge in [-0.05, 0) is 36.2 Å². The number of hydrogen-bond donors (Lipinski definition) is 2. The maximum atomic E-state index is 13.3. The summed E-state index contributed by atoms with van der Waals surface area (Å²) in [6.45, 7) is 4.00. The van der Waals surface area contributed by atoms with Gasteiger partial charge in [-0.25, -0.2) is 9.97 Å². The zero-order valence-electron chi connectivity index (χ0n) is 18.8. The number of nitrogens with zero attached hydrogens (tertiary/aromatic N) is 4. The van der Waals surface area contributed by atoms with Crippen molar-refractivity contribution in [1.82, 2.24) is 24.8 Å². The van der Waals surface area contributed by atoms with Gasteiger partial charge in [0.2, 0.25) is 0 Å². The van der Waals surface area contributed by atoms with Gasteiger partial charge in [-0.1, -0.05) is 30.7 Å². The van der Waals surface area contributed by atoms with Gasteiger partial charge in [-0.2, -0.15) is 0 Å². The Labute approximate surface area is 201 Å². The van der Waals surface area contributed by atoms with Crippen molar-refractivity contribution < 1.29 is 9.59 Å². The van der Waals surface area contributed by atoms with E-state index in [-0.39, 0.29) is 5.91 Å². The highest BCUT2D eigenvalue weighted by atomic mass is 35.5.